The Morgan fingerprint density at radius 3 is 2.75 bits per heavy atom. The van der Waals surface area contributed by atoms with Gasteiger partial charge < -0.3 is 14.5 Å². The van der Waals surface area contributed by atoms with Gasteiger partial charge in [-0.25, -0.2) is 4.79 Å². The standard InChI is InChI=1S/C12H9NO3/c14-11-8-4-1-2-6-10(8)15-12(16-11)9-5-3-7-13-9/h1-7,12-13H. The van der Waals surface area contributed by atoms with Gasteiger partial charge in [0.2, 0.25) is 0 Å². The average molecular weight is 215 g/mol. The summed E-state index contributed by atoms with van der Waals surface area (Å²) in [6.07, 6.45) is 1.07. The van der Waals surface area contributed by atoms with Crippen LogP contribution in [0.5, 0.6) is 5.75 Å². The Morgan fingerprint density at radius 1 is 1.06 bits per heavy atom. The first-order chi connectivity index (χ1) is 7.84. The quantitative estimate of drug-likeness (QED) is 0.742. The van der Waals surface area contributed by atoms with Crippen molar-refractivity contribution in [2.24, 2.45) is 0 Å². The highest BCUT2D eigenvalue weighted by Gasteiger charge is 2.28. The van der Waals surface area contributed by atoms with Crippen molar-refractivity contribution in [1.82, 2.24) is 4.98 Å². The fraction of sp³-hybridized carbons (Fsp3) is 0.0833. The molecule has 0 radical (unpaired) electrons. The predicted octanol–water partition coefficient (Wildman–Crippen LogP) is 2.26. The lowest BCUT2D eigenvalue weighted by Gasteiger charge is -2.24. The molecule has 0 saturated heterocycles. The van der Waals surface area contributed by atoms with Gasteiger partial charge in [-0.1, -0.05) is 12.1 Å². The van der Waals surface area contributed by atoms with Crippen molar-refractivity contribution in [3.05, 3.63) is 53.9 Å². The summed E-state index contributed by atoms with van der Waals surface area (Å²) in [5.74, 6) is 0.194. The van der Waals surface area contributed by atoms with Crippen LogP contribution in [0.3, 0.4) is 0 Å². The molecule has 16 heavy (non-hydrogen) atoms. The van der Waals surface area contributed by atoms with Crippen LogP contribution in [0.1, 0.15) is 22.3 Å². The molecule has 4 nitrogen and oxygen atoms in total. The number of benzene rings is 1. The summed E-state index contributed by atoms with van der Waals surface area (Å²) >= 11 is 0. The Balaban J connectivity index is 1.98. The van der Waals surface area contributed by atoms with Crippen LogP contribution in [-0.2, 0) is 4.74 Å². The van der Waals surface area contributed by atoms with Gasteiger partial charge in [0.25, 0.3) is 6.29 Å². The zero-order chi connectivity index (χ0) is 11.0. The first-order valence-corrected chi connectivity index (χ1v) is 4.94. The number of hydrogen-bond acceptors (Lipinski definition) is 3. The third-order valence-electron chi connectivity index (χ3n) is 2.43. The van der Waals surface area contributed by atoms with E-state index >= 15 is 0 Å². The molecule has 1 atom stereocenters. The molecule has 0 amide bonds. The van der Waals surface area contributed by atoms with E-state index in [0.29, 0.717) is 11.3 Å². The number of aromatic amines is 1. The van der Waals surface area contributed by atoms with Gasteiger partial charge in [-0.3, -0.25) is 0 Å². The van der Waals surface area contributed by atoms with Crippen LogP contribution in [0.25, 0.3) is 0 Å². The molecule has 1 aromatic heterocycles. The zero-order valence-corrected chi connectivity index (χ0v) is 8.34. The minimum absolute atomic E-state index is 0.360. The topological polar surface area (TPSA) is 51.3 Å². The molecular formula is C12H9NO3. The summed E-state index contributed by atoms with van der Waals surface area (Å²) in [6, 6.07) is 10.7. The number of ether oxygens (including phenoxy) is 2. The highest BCUT2D eigenvalue weighted by atomic mass is 16.7. The largest absolute Gasteiger partial charge is 0.448 e. The van der Waals surface area contributed by atoms with Crippen LogP contribution in [0, 0.1) is 0 Å². The molecule has 1 aliphatic heterocycles. The fourth-order valence-electron chi connectivity index (χ4n) is 1.66. The number of nitrogens with one attached hydrogen (secondary N) is 1. The molecule has 2 aromatic rings. The summed E-state index contributed by atoms with van der Waals surface area (Å²) in [6.45, 7) is 0. The molecule has 0 aliphatic carbocycles. The fourth-order valence-corrected chi connectivity index (χ4v) is 1.66. The van der Waals surface area contributed by atoms with Crippen LogP contribution < -0.4 is 4.74 Å². The number of H-pyrrole nitrogens is 1. The Morgan fingerprint density at radius 2 is 1.94 bits per heavy atom. The van der Waals surface area contributed by atoms with Gasteiger partial charge in [0.05, 0.1) is 5.69 Å². The molecule has 80 valence electrons. The predicted molar refractivity (Wildman–Crippen MR) is 56.0 cm³/mol. The van der Waals surface area contributed by atoms with Crippen molar-refractivity contribution in [3.63, 3.8) is 0 Å². The van der Waals surface area contributed by atoms with E-state index in [1.54, 1.807) is 24.4 Å². The van der Waals surface area contributed by atoms with Gasteiger partial charge in [-0.2, -0.15) is 0 Å². The van der Waals surface area contributed by atoms with E-state index in [0.717, 1.165) is 5.69 Å². The molecule has 1 unspecified atom stereocenters. The summed E-state index contributed by atoms with van der Waals surface area (Å²) < 4.78 is 10.7. The van der Waals surface area contributed by atoms with Crippen LogP contribution in [0.15, 0.2) is 42.6 Å². The lowest BCUT2D eigenvalue weighted by Crippen LogP contribution is -2.23. The van der Waals surface area contributed by atoms with Gasteiger partial charge >= 0.3 is 5.97 Å². The maximum Gasteiger partial charge on any atom is 0.345 e. The van der Waals surface area contributed by atoms with E-state index in [2.05, 4.69) is 4.98 Å². The lowest BCUT2D eigenvalue weighted by atomic mass is 10.2. The van der Waals surface area contributed by atoms with E-state index in [-0.39, 0.29) is 5.97 Å². The minimum atomic E-state index is -0.683. The van der Waals surface area contributed by atoms with Crippen LogP contribution >= 0.6 is 0 Å². The number of esters is 1. The smallest absolute Gasteiger partial charge is 0.345 e. The van der Waals surface area contributed by atoms with E-state index in [9.17, 15) is 4.79 Å². The van der Waals surface area contributed by atoms with Gasteiger partial charge in [0.1, 0.15) is 11.3 Å². The number of aromatic nitrogens is 1. The Bertz CT molecular complexity index is 519. The van der Waals surface area contributed by atoms with Gasteiger partial charge in [0.15, 0.2) is 0 Å². The first kappa shape index (κ1) is 9.03. The van der Waals surface area contributed by atoms with Gasteiger partial charge in [-0.15, -0.1) is 0 Å². The molecule has 0 bridgehead atoms. The van der Waals surface area contributed by atoms with Crippen molar-refractivity contribution < 1.29 is 14.3 Å². The summed E-state index contributed by atoms with van der Waals surface area (Å²) in [5.41, 5.74) is 1.19. The molecule has 1 aliphatic rings. The van der Waals surface area contributed by atoms with Crippen LogP contribution in [0.2, 0.25) is 0 Å². The molecule has 2 heterocycles. The van der Waals surface area contributed by atoms with Crippen molar-refractivity contribution in [3.8, 4) is 5.75 Å². The van der Waals surface area contributed by atoms with E-state index in [1.165, 1.54) is 0 Å². The van der Waals surface area contributed by atoms with Gasteiger partial charge in [0, 0.05) is 6.20 Å². The number of carbonyl (C=O) groups is 1. The molecular weight excluding hydrogens is 206 g/mol. The monoisotopic (exact) mass is 215 g/mol. The molecule has 1 aromatic carbocycles. The molecule has 1 N–H and O–H groups in total. The van der Waals surface area contributed by atoms with Crippen molar-refractivity contribution in [1.29, 1.82) is 0 Å². The molecule has 3 rings (SSSR count). The average Bonchev–Trinajstić information content (AvgIpc) is 2.82. The van der Waals surface area contributed by atoms with E-state index < -0.39 is 6.29 Å². The second-order valence-corrected chi connectivity index (χ2v) is 3.48. The third-order valence-corrected chi connectivity index (χ3v) is 2.43. The van der Waals surface area contributed by atoms with Crippen LogP contribution in [-0.4, -0.2) is 11.0 Å². The molecule has 4 heteroatoms. The number of cyclic esters (lactones) is 1. The second-order valence-electron chi connectivity index (χ2n) is 3.48. The third kappa shape index (κ3) is 1.35. The van der Waals surface area contributed by atoms with Gasteiger partial charge in [-0.05, 0) is 24.3 Å². The summed E-state index contributed by atoms with van der Waals surface area (Å²) in [5, 5.41) is 0. The number of para-hydroxylation sites is 1. The summed E-state index contributed by atoms with van der Waals surface area (Å²) in [7, 11) is 0. The Kier molecular flexibility index (Phi) is 1.93. The highest BCUT2D eigenvalue weighted by Crippen LogP contribution is 2.31. The number of rotatable bonds is 1. The second kappa shape index (κ2) is 3.41. The highest BCUT2D eigenvalue weighted by molar-refractivity contribution is 5.93. The normalized spacial score (nSPS) is 18.5. The molecule has 0 fully saturated rings. The molecule has 0 spiro atoms. The summed E-state index contributed by atoms with van der Waals surface area (Å²) in [4.78, 5) is 14.6. The minimum Gasteiger partial charge on any atom is -0.448 e. The maximum atomic E-state index is 11.7. The molecule has 0 saturated carbocycles. The SMILES string of the molecule is O=C1OC(c2ccc[nH]2)Oc2ccccc21. The number of carbonyl (C=O) groups excluding carboxylic acids is 1. The maximum absolute atomic E-state index is 11.7. The first-order valence-electron chi connectivity index (χ1n) is 4.94. The number of fused-ring (bicyclic) bond motifs is 1. The van der Waals surface area contributed by atoms with Crippen LogP contribution in [0.4, 0.5) is 0 Å². The van der Waals surface area contributed by atoms with Crippen molar-refractivity contribution in [2.45, 2.75) is 6.29 Å². The number of hydrogen-bond donors (Lipinski definition) is 1. The Hall–Kier alpha value is -2.23. The van der Waals surface area contributed by atoms with Crippen molar-refractivity contribution >= 4 is 5.97 Å². The van der Waals surface area contributed by atoms with E-state index in [4.69, 9.17) is 9.47 Å². The lowest BCUT2D eigenvalue weighted by molar-refractivity contribution is -0.0644. The Labute approximate surface area is 91.8 Å². The van der Waals surface area contributed by atoms with E-state index in [1.807, 2.05) is 18.2 Å². The van der Waals surface area contributed by atoms with Crippen molar-refractivity contribution in [2.75, 3.05) is 0 Å². The zero-order valence-electron chi connectivity index (χ0n) is 8.34.